The van der Waals surface area contributed by atoms with E-state index in [1.54, 1.807) is 0 Å². The Morgan fingerprint density at radius 3 is 2.54 bits per heavy atom. The van der Waals surface area contributed by atoms with Crippen molar-refractivity contribution in [2.24, 2.45) is 11.1 Å². The first-order valence-corrected chi connectivity index (χ1v) is 4.79. The molecule has 1 aliphatic heterocycles. The van der Waals surface area contributed by atoms with Gasteiger partial charge >= 0.3 is 0 Å². The van der Waals surface area contributed by atoms with Gasteiger partial charge in [0.2, 0.25) is 0 Å². The van der Waals surface area contributed by atoms with E-state index in [1.807, 2.05) is 6.92 Å². The molecule has 5 heteroatoms. The number of hydrogen-bond donors (Lipinski definition) is 2. The van der Waals surface area contributed by atoms with Crippen LogP contribution in [0.2, 0.25) is 0 Å². The van der Waals surface area contributed by atoms with Crippen LogP contribution in [0.5, 0.6) is 0 Å². The third-order valence-corrected chi connectivity index (χ3v) is 2.69. The number of nitrogens with two attached hydrogens (primary N) is 1. The van der Waals surface area contributed by atoms with Gasteiger partial charge in [-0.25, -0.2) is 13.1 Å². The molecule has 1 fully saturated rings. The predicted octanol–water partition coefficient (Wildman–Crippen LogP) is 1.53. The summed E-state index contributed by atoms with van der Waals surface area (Å²) in [7, 11) is 0. The molecule has 0 bridgehead atoms. The van der Waals surface area contributed by atoms with Crippen LogP contribution < -0.4 is 5.73 Å². The van der Waals surface area contributed by atoms with Crippen LogP contribution in [-0.2, 0) is 0 Å². The molecule has 78 valence electrons. The zero-order valence-corrected chi connectivity index (χ0v) is 8.66. The fourth-order valence-corrected chi connectivity index (χ4v) is 2.56. The van der Waals surface area contributed by atoms with E-state index in [2.05, 4.69) is 12.8 Å². The first-order valence-electron chi connectivity index (χ1n) is 4.39. The smallest absolute Gasteiger partial charge is 0.262 e. The lowest BCUT2D eigenvalue weighted by molar-refractivity contribution is -0.0880. The third-order valence-electron chi connectivity index (χ3n) is 2.41. The summed E-state index contributed by atoms with van der Waals surface area (Å²) in [5.74, 6) is -2.62. The summed E-state index contributed by atoms with van der Waals surface area (Å²) in [5.41, 5.74) is 5.00. The summed E-state index contributed by atoms with van der Waals surface area (Å²) in [5, 5.41) is 0. The Bertz CT molecular complexity index is 189. The quantitative estimate of drug-likeness (QED) is 0.677. The maximum Gasteiger partial charge on any atom is 0.262 e. The van der Waals surface area contributed by atoms with Gasteiger partial charge in [0.1, 0.15) is 0 Å². The van der Waals surface area contributed by atoms with Crippen molar-refractivity contribution in [1.82, 2.24) is 4.31 Å². The number of piperidine rings is 1. The molecule has 0 aromatic carbocycles. The second kappa shape index (κ2) is 3.71. The van der Waals surface area contributed by atoms with Crippen molar-refractivity contribution < 1.29 is 8.78 Å². The first kappa shape index (κ1) is 11.2. The van der Waals surface area contributed by atoms with Gasteiger partial charge < -0.3 is 5.73 Å². The minimum Gasteiger partial charge on any atom is -0.330 e. The molecule has 0 radical (unpaired) electrons. The minimum atomic E-state index is -2.62. The van der Waals surface area contributed by atoms with Gasteiger partial charge in [0.05, 0.1) is 6.54 Å². The molecular weight excluding hydrogens is 194 g/mol. The average molecular weight is 210 g/mol. The van der Waals surface area contributed by atoms with Crippen molar-refractivity contribution >= 4 is 12.8 Å². The Morgan fingerprint density at radius 1 is 1.46 bits per heavy atom. The maximum absolute atomic E-state index is 13.1. The van der Waals surface area contributed by atoms with Crippen LogP contribution >= 0.6 is 12.8 Å². The molecule has 1 saturated heterocycles. The number of nitrogens with zero attached hydrogens (tertiary/aromatic N) is 1. The normalized spacial score (nSPS) is 34.8. The molecule has 0 aliphatic carbocycles. The molecule has 1 atom stereocenters. The van der Waals surface area contributed by atoms with Crippen LogP contribution in [0.15, 0.2) is 0 Å². The highest BCUT2D eigenvalue weighted by molar-refractivity contribution is 7.77. The van der Waals surface area contributed by atoms with Crippen LogP contribution in [0.25, 0.3) is 0 Å². The third kappa shape index (κ3) is 3.07. The van der Waals surface area contributed by atoms with E-state index in [4.69, 9.17) is 5.73 Å². The van der Waals surface area contributed by atoms with Crippen LogP contribution in [0.1, 0.15) is 19.8 Å². The number of hydrogen-bond acceptors (Lipinski definition) is 3. The second-order valence-corrected chi connectivity index (χ2v) is 4.77. The lowest BCUT2D eigenvalue weighted by Crippen LogP contribution is -2.48. The second-order valence-electron chi connectivity index (χ2n) is 4.20. The SMILES string of the molecule is CC1(CCN)CN(S)CC(F)(F)C1. The molecule has 1 aliphatic rings. The summed E-state index contributed by atoms with van der Waals surface area (Å²) in [4.78, 5) is 0. The Hall–Kier alpha value is 0.130. The van der Waals surface area contributed by atoms with Crippen LogP contribution in [0.3, 0.4) is 0 Å². The molecule has 0 spiro atoms. The fourth-order valence-electron chi connectivity index (χ4n) is 2.02. The van der Waals surface area contributed by atoms with Gasteiger partial charge in [-0.15, -0.1) is 0 Å². The molecular formula is C8H16F2N2S. The average Bonchev–Trinajstić information content (AvgIpc) is 1.78. The number of rotatable bonds is 2. The summed E-state index contributed by atoms with van der Waals surface area (Å²) in [6, 6.07) is 0. The Balaban J connectivity index is 2.66. The van der Waals surface area contributed by atoms with E-state index in [0.29, 0.717) is 19.5 Å². The van der Waals surface area contributed by atoms with Crippen molar-refractivity contribution in [3.63, 3.8) is 0 Å². The van der Waals surface area contributed by atoms with E-state index < -0.39 is 11.3 Å². The van der Waals surface area contributed by atoms with E-state index in [0.717, 1.165) is 0 Å². The lowest BCUT2D eigenvalue weighted by Gasteiger charge is -2.42. The standard InChI is InChI=1S/C8H16F2N2S/c1-7(2-3-11)4-8(9,10)6-12(13)5-7/h13H,2-6,11H2,1H3. The summed E-state index contributed by atoms with van der Waals surface area (Å²) in [6.45, 7) is 2.63. The summed E-state index contributed by atoms with van der Waals surface area (Å²) in [6.07, 6.45) is 0.550. The molecule has 13 heavy (non-hydrogen) atoms. The van der Waals surface area contributed by atoms with E-state index in [-0.39, 0.29) is 13.0 Å². The van der Waals surface area contributed by atoms with E-state index in [9.17, 15) is 8.78 Å². The maximum atomic E-state index is 13.1. The predicted molar refractivity (Wildman–Crippen MR) is 51.9 cm³/mol. The molecule has 2 N–H and O–H groups in total. The van der Waals surface area contributed by atoms with Crippen LogP contribution in [0.4, 0.5) is 8.78 Å². The summed E-state index contributed by atoms with van der Waals surface area (Å²) < 4.78 is 27.7. The van der Waals surface area contributed by atoms with Crippen LogP contribution in [-0.4, -0.2) is 29.9 Å². The molecule has 1 heterocycles. The molecule has 0 aromatic rings. The monoisotopic (exact) mass is 210 g/mol. The van der Waals surface area contributed by atoms with Gasteiger partial charge in [0, 0.05) is 13.0 Å². The van der Waals surface area contributed by atoms with Crippen molar-refractivity contribution in [3.8, 4) is 0 Å². The van der Waals surface area contributed by atoms with Gasteiger partial charge in [-0.05, 0) is 18.4 Å². The zero-order valence-electron chi connectivity index (χ0n) is 7.76. The van der Waals surface area contributed by atoms with E-state index in [1.165, 1.54) is 4.31 Å². The van der Waals surface area contributed by atoms with Crippen molar-refractivity contribution in [2.75, 3.05) is 19.6 Å². The highest BCUT2D eigenvalue weighted by atomic mass is 32.1. The number of halogens is 2. The highest BCUT2D eigenvalue weighted by Crippen LogP contribution is 2.40. The molecule has 1 unspecified atom stereocenters. The molecule has 0 saturated carbocycles. The zero-order chi connectivity index (χ0) is 10.1. The molecule has 2 nitrogen and oxygen atoms in total. The molecule has 0 amide bonds. The Kier molecular flexibility index (Phi) is 3.20. The van der Waals surface area contributed by atoms with Gasteiger partial charge in [-0.3, -0.25) is 0 Å². The first-order chi connectivity index (χ1) is 5.87. The Labute approximate surface area is 83.0 Å². The fraction of sp³-hybridized carbons (Fsp3) is 1.00. The molecule has 0 aromatic heterocycles. The van der Waals surface area contributed by atoms with Gasteiger partial charge in [-0.1, -0.05) is 19.7 Å². The van der Waals surface area contributed by atoms with Crippen molar-refractivity contribution in [3.05, 3.63) is 0 Å². The molecule has 1 rings (SSSR count). The largest absolute Gasteiger partial charge is 0.330 e. The lowest BCUT2D eigenvalue weighted by atomic mass is 9.78. The number of alkyl halides is 2. The van der Waals surface area contributed by atoms with Gasteiger partial charge in [0.25, 0.3) is 5.92 Å². The van der Waals surface area contributed by atoms with E-state index >= 15 is 0 Å². The topological polar surface area (TPSA) is 29.3 Å². The Morgan fingerprint density at radius 2 is 2.08 bits per heavy atom. The van der Waals surface area contributed by atoms with Gasteiger partial charge in [0.15, 0.2) is 0 Å². The highest BCUT2D eigenvalue weighted by Gasteiger charge is 2.45. The van der Waals surface area contributed by atoms with Crippen LogP contribution in [0, 0.1) is 5.41 Å². The summed E-state index contributed by atoms with van der Waals surface area (Å²) >= 11 is 3.99. The van der Waals surface area contributed by atoms with Crippen molar-refractivity contribution in [2.45, 2.75) is 25.7 Å². The number of thiol groups is 1. The van der Waals surface area contributed by atoms with Gasteiger partial charge in [-0.2, -0.15) is 0 Å². The minimum absolute atomic E-state index is 0.0751. The van der Waals surface area contributed by atoms with Crippen molar-refractivity contribution in [1.29, 1.82) is 0 Å².